The number of fused-ring (bicyclic) bond motifs is 1. The monoisotopic (exact) mass is 313 g/mol. The molecule has 1 amide bonds. The van der Waals surface area contributed by atoms with E-state index in [4.69, 9.17) is 9.84 Å². The highest BCUT2D eigenvalue weighted by Gasteiger charge is 2.25. The lowest BCUT2D eigenvalue weighted by Gasteiger charge is -2.22. The molecule has 1 aliphatic heterocycles. The van der Waals surface area contributed by atoms with Crippen molar-refractivity contribution in [2.45, 2.75) is 38.8 Å². The summed E-state index contributed by atoms with van der Waals surface area (Å²) in [6, 6.07) is 10.3. The molecule has 122 valence electrons. The number of rotatable bonds is 6. The van der Waals surface area contributed by atoms with Crippen LogP contribution in [-0.2, 0) is 22.5 Å². The average molecular weight is 313 g/mol. The van der Waals surface area contributed by atoms with Crippen LogP contribution in [0, 0.1) is 0 Å². The largest absolute Gasteiger partial charge is 0.370 e. The predicted molar refractivity (Wildman–Crippen MR) is 88.1 cm³/mol. The van der Waals surface area contributed by atoms with Gasteiger partial charge in [-0.2, -0.15) is 5.10 Å². The molecule has 3 rings (SSSR count). The number of hydrogen-bond acceptors (Lipinski definition) is 3. The van der Waals surface area contributed by atoms with Crippen molar-refractivity contribution >= 4 is 5.91 Å². The van der Waals surface area contributed by atoms with E-state index in [0.717, 1.165) is 25.1 Å². The van der Waals surface area contributed by atoms with Crippen molar-refractivity contribution in [2.24, 2.45) is 0 Å². The van der Waals surface area contributed by atoms with Gasteiger partial charge >= 0.3 is 0 Å². The van der Waals surface area contributed by atoms with E-state index >= 15 is 0 Å². The number of hydrogen-bond donors (Lipinski definition) is 1. The minimum Gasteiger partial charge on any atom is -0.370 e. The van der Waals surface area contributed by atoms with Gasteiger partial charge in [0.05, 0.1) is 18.8 Å². The molecule has 23 heavy (non-hydrogen) atoms. The lowest BCUT2D eigenvalue weighted by atomic mass is 10.1. The molecule has 1 aromatic carbocycles. The summed E-state index contributed by atoms with van der Waals surface area (Å²) in [4.78, 5) is 11.7. The Bertz CT molecular complexity index is 652. The van der Waals surface area contributed by atoms with Gasteiger partial charge < -0.3 is 10.1 Å². The molecule has 0 saturated heterocycles. The van der Waals surface area contributed by atoms with Crippen molar-refractivity contribution in [3.8, 4) is 0 Å². The van der Waals surface area contributed by atoms with Crippen LogP contribution < -0.4 is 5.32 Å². The number of amides is 1. The summed E-state index contributed by atoms with van der Waals surface area (Å²) in [5.74, 6) is 0.0759. The van der Waals surface area contributed by atoms with E-state index < -0.39 is 0 Å². The third-order valence-corrected chi connectivity index (χ3v) is 4.01. The van der Waals surface area contributed by atoms with Gasteiger partial charge in [-0.15, -0.1) is 0 Å². The number of carbonyl (C=O) groups is 1. The van der Waals surface area contributed by atoms with Gasteiger partial charge in [0.1, 0.15) is 6.10 Å². The summed E-state index contributed by atoms with van der Waals surface area (Å²) in [5.41, 5.74) is 3.41. The van der Waals surface area contributed by atoms with Crippen LogP contribution in [0.4, 0.5) is 0 Å². The maximum atomic E-state index is 11.7. The molecule has 0 spiro atoms. The van der Waals surface area contributed by atoms with Crippen LogP contribution in [0.15, 0.2) is 36.5 Å². The van der Waals surface area contributed by atoms with Crippen molar-refractivity contribution in [1.29, 1.82) is 0 Å². The van der Waals surface area contributed by atoms with E-state index in [-0.39, 0.29) is 12.0 Å². The smallest absolute Gasteiger partial charge is 0.220 e. The maximum Gasteiger partial charge on any atom is 0.220 e. The van der Waals surface area contributed by atoms with Crippen LogP contribution in [0.25, 0.3) is 0 Å². The van der Waals surface area contributed by atoms with Gasteiger partial charge in [0.15, 0.2) is 0 Å². The molecular formula is C18H23N3O2. The second kappa shape index (κ2) is 7.42. The number of nitrogens with zero attached hydrogens (tertiary/aromatic N) is 2. The van der Waals surface area contributed by atoms with Crippen molar-refractivity contribution in [3.05, 3.63) is 53.3 Å². The molecular weight excluding hydrogens is 290 g/mol. The van der Waals surface area contributed by atoms with Crippen LogP contribution in [0.3, 0.4) is 0 Å². The van der Waals surface area contributed by atoms with Crippen LogP contribution >= 0.6 is 0 Å². The molecule has 1 aromatic heterocycles. The fraction of sp³-hybridized carbons (Fsp3) is 0.444. The first kappa shape index (κ1) is 15.7. The Hall–Kier alpha value is -2.14. The Kier molecular flexibility index (Phi) is 5.08. The van der Waals surface area contributed by atoms with E-state index in [1.807, 2.05) is 29.8 Å². The normalized spacial score (nSPS) is 16.8. The number of carbonyl (C=O) groups excluding carboxylic acids is 1. The van der Waals surface area contributed by atoms with Crippen molar-refractivity contribution < 1.29 is 9.53 Å². The van der Waals surface area contributed by atoms with Crippen LogP contribution in [0.1, 0.15) is 42.7 Å². The number of nitrogens with one attached hydrogen (secondary N) is 1. The van der Waals surface area contributed by atoms with E-state index in [1.54, 1.807) is 0 Å². The molecule has 1 atom stereocenters. The summed E-state index contributed by atoms with van der Waals surface area (Å²) < 4.78 is 7.77. The number of aromatic nitrogens is 2. The molecule has 5 nitrogen and oxygen atoms in total. The summed E-state index contributed by atoms with van der Waals surface area (Å²) >= 11 is 0. The van der Waals surface area contributed by atoms with E-state index in [2.05, 4.69) is 23.6 Å². The second-order valence-electron chi connectivity index (χ2n) is 5.89. The SMILES string of the molecule is CCCC(=O)NC[C@H]1OCCc2cn(Cc3ccccc3)nc21. The summed E-state index contributed by atoms with van der Waals surface area (Å²) in [5, 5.41) is 7.63. The van der Waals surface area contributed by atoms with Crippen molar-refractivity contribution in [3.63, 3.8) is 0 Å². The molecule has 0 unspecified atom stereocenters. The highest BCUT2D eigenvalue weighted by atomic mass is 16.5. The molecule has 2 aromatic rings. The first-order chi connectivity index (χ1) is 11.3. The maximum absolute atomic E-state index is 11.7. The quantitative estimate of drug-likeness (QED) is 0.891. The zero-order valence-electron chi connectivity index (χ0n) is 13.5. The Balaban J connectivity index is 1.68. The summed E-state index contributed by atoms with van der Waals surface area (Å²) in [7, 11) is 0. The highest BCUT2D eigenvalue weighted by molar-refractivity contribution is 5.75. The lowest BCUT2D eigenvalue weighted by Crippen LogP contribution is -2.31. The third-order valence-electron chi connectivity index (χ3n) is 4.01. The standard InChI is InChI=1S/C18H23N3O2/c1-2-6-17(22)19-11-16-18-15(9-10-23-16)13-21(20-18)12-14-7-4-3-5-8-14/h3-5,7-8,13,16H,2,6,9-12H2,1H3,(H,19,22)/t16-/m1/s1. The fourth-order valence-corrected chi connectivity index (χ4v) is 2.86. The molecule has 0 bridgehead atoms. The average Bonchev–Trinajstić information content (AvgIpc) is 2.97. The molecule has 0 radical (unpaired) electrons. The van der Waals surface area contributed by atoms with Gasteiger partial charge in [-0.25, -0.2) is 0 Å². The minimum absolute atomic E-state index is 0.0759. The Morgan fingerprint density at radius 3 is 3.00 bits per heavy atom. The predicted octanol–water partition coefficient (Wildman–Crippen LogP) is 2.46. The van der Waals surface area contributed by atoms with Gasteiger partial charge in [0, 0.05) is 19.2 Å². The van der Waals surface area contributed by atoms with E-state index in [9.17, 15) is 4.79 Å². The zero-order valence-corrected chi connectivity index (χ0v) is 13.5. The van der Waals surface area contributed by atoms with Crippen LogP contribution in [-0.4, -0.2) is 28.8 Å². The molecule has 1 aliphatic rings. The summed E-state index contributed by atoms with van der Waals surface area (Å²) in [6.07, 6.45) is 4.25. The fourth-order valence-electron chi connectivity index (χ4n) is 2.86. The highest BCUT2D eigenvalue weighted by Crippen LogP contribution is 2.25. The number of ether oxygens (including phenoxy) is 1. The van der Waals surface area contributed by atoms with Gasteiger partial charge in [0.25, 0.3) is 0 Å². The minimum atomic E-state index is -0.142. The Morgan fingerprint density at radius 2 is 2.22 bits per heavy atom. The van der Waals surface area contributed by atoms with E-state index in [0.29, 0.717) is 19.6 Å². The van der Waals surface area contributed by atoms with Crippen LogP contribution in [0.5, 0.6) is 0 Å². The first-order valence-corrected chi connectivity index (χ1v) is 8.24. The second-order valence-corrected chi connectivity index (χ2v) is 5.89. The molecule has 2 heterocycles. The Labute approximate surface area is 136 Å². The van der Waals surface area contributed by atoms with Gasteiger partial charge in [-0.05, 0) is 24.0 Å². The van der Waals surface area contributed by atoms with Crippen molar-refractivity contribution in [1.82, 2.24) is 15.1 Å². The molecule has 0 saturated carbocycles. The van der Waals surface area contributed by atoms with Gasteiger partial charge in [-0.3, -0.25) is 9.48 Å². The number of benzene rings is 1. The first-order valence-electron chi connectivity index (χ1n) is 8.24. The summed E-state index contributed by atoms with van der Waals surface area (Å²) in [6.45, 7) is 3.93. The lowest BCUT2D eigenvalue weighted by molar-refractivity contribution is -0.121. The zero-order chi connectivity index (χ0) is 16.1. The topological polar surface area (TPSA) is 56.1 Å². The molecule has 1 N–H and O–H groups in total. The van der Waals surface area contributed by atoms with E-state index in [1.165, 1.54) is 11.1 Å². The molecule has 0 fully saturated rings. The van der Waals surface area contributed by atoms with Gasteiger partial charge in [-0.1, -0.05) is 37.3 Å². The molecule has 0 aliphatic carbocycles. The Morgan fingerprint density at radius 1 is 1.39 bits per heavy atom. The van der Waals surface area contributed by atoms with Gasteiger partial charge in [0.2, 0.25) is 5.91 Å². The third kappa shape index (κ3) is 3.99. The van der Waals surface area contributed by atoms with Crippen molar-refractivity contribution in [2.75, 3.05) is 13.2 Å². The van der Waals surface area contributed by atoms with Crippen LogP contribution in [0.2, 0.25) is 0 Å². The molecule has 5 heteroatoms.